The zero-order valence-corrected chi connectivity index (χ0v) is 16.0. The van der Waals surface area contributed by atoms with Crippen molar-refractivity contribution in [2.75, 3.05) is 14.2 Å². The van der Waals surface area contributed by atoms with Crippen molar-refractivity contribution in [3.05, 3.63) is 29.8 Å². The van der Waals surface area contributed by atoms with Crippen LogP contribution in [0.3, 0.4) is 0 Å². The van der Waals surface area contributed by atoms with Crippen LogP contribution in [0, 0.1) is 5.92 Å². The normalized spacial score (nSPS) is 15.9. The Labute approximate surface area is 156 Å². The molecule has 1 N–H and O–H groups in total. The van der Waals surface area contributed by atoms with Crippen molar-refractivity contribution in [1.82, 2.24) is 5.32 Å². The molecule has 5 nitrogen and oxygen atoms in total. The van der Waals surface area contributed by atoms with E-state index in [1.54, 1.807) is 7.11 Å². The fraction of sp³-hybridized carbons (Fsp3) is 0.619. The first-order valence-corrected chi connectivity index (χ1v) is 9.62. The number of rotatable bonds is 9. The molecule has 5 heteroatoms. The Morgan fingerprint density at radius 1 is 1.12 bits per heavy atom. The Hall–Kier alpha value is -2.04. The highest BCUT2D eigenvalue weighted by molar-refractivity contribution is 5.78. The first-order chi connectivity index (χ1) is 12.6. The SMILES string of the molecule is COC(=O)CC(NC(=O)CCCC1CCCCC1)c1ccc(OC)cc1. The third-order valence-corrected chi connectivity index (χ3v) is 5.19. The minimum Gasteiger partial charge on any atom is -0.497 e. The average Bonchev–Trinajstić information content (AvgIpc) is 2.68. The number of hydrogen-bond donors (Lipinski definition) is 1. The molecule has 0 aliphatic heterocycles. The molecule has 0 aromatic heterocycles. The summed E-state index contributed by atoms with van der Waals surface area (Å²) in [4.78, 5) is 24.1. The maximum Gasteiger partial charge on any atom is 0.307 e. The number of carbonyl (C=O) groups excluding carboxylic acids is 2. The second kappa shape index (κ2) is 10.8. The monoisotopic (exact) mass is 361 g/mol. The molecule has 0 saturated heterocycles. The summed E-state index contributed by atoms with van der Waals surface area (Å²) in [5.41, 5.74) is 0.872. The van der Waals surface area contributed by atoms with Crippen molar-refractivity contribution in [1.29, 1.82) is 0 Å². The van der Waals surface area contributed by atoms with Gasteiger partial charge in [-0.25, -0.2) is 0 Å². The van der Waals surface area contributed by atoms with Crippen LogP contribution >= 0.6 is 0 Å². The van der Waals surface area contributed by atoms with Crippen molar-refractivity contribution in [3.63, 3.8) is 0 Å². The van der Waals surface area contributed by atoms with E-state index in [0.29, 0.717) is 6.42 Å². The van der Waals surface area contributed by atoms with Gasteiger partial charge in [-0.3, -0.25) is 9.59 Å². The van der Waals surface area contributed by atoms with E-state index in [2.05, 4.69) is 5.32 Å². The first-order valence-electron chi connectivity index (χ1n) is 9.62. The zero-order valence-electron chi connectivity index (χ0n) is 16.0. The summed E-state index contributed by atoms with van der Waals surface area (Å²) in [7, 11) is 2.97. The van der Waals surface area contributed by atoms with Gasteiger partial charge in [-0.05, 0) is 36.5 Å². The molecule has 0 heterocycles. The molecule has 0 radical (unpaired) electrons. The predicted octanol–water partition coefficient (Wildman–Crippen LogP) is 4.17. The largest absolute Gasteiger partial charge is 0.497 e. The van der Waals surface area contributed by atoms with Crippen molar-refractivity contribution in [3.8, 4) is 5.75 Å². The molecule has 1 aliphatic rings. The second-order valence-electron chi connectivity index (χ2n) is 7.07. The van der Waals surface area contributed by atoms with Gasteiger partial charge in [0.25, 0.3) is 0 Å². The molecule has 0 bridgehead atoms. The predicted molar refractivity (Wildman–Crippen MR) is 101 cm³/mol. The number of methoxy groups -OCH3 is 2. The lowest BCUT2D eigenvalue weighted by atomic mass is 9.86. The maximum atomic E-state index is 12.4. The molecule has 1 amide bonds. The van der Waals surface area contributed by atoms with Crippen LogP contribution < -0.4 is 10.1 Å². The van der Waals surface area contributed by atoms with E-state index >= 15 is 0 Å². The van der Waals surface area contributed by atoms with E-state index in [1.807, 2.05) is 24.3 Å². The van der Waals surface area contributed by atoms with Crippen LogP contribution in [0.15, 0.2) is 24.3 Å². The zero-order chi connectivity index (χ0) is 18.8. The van der Waals surface area contributed by atoms with E-state index in [1.165, 1.54) is 39.2 Å². The summed E-state index contributed by atoms with van der Waals surface area (Å²) < 4.78 is 9.94. The smallest absolute Gasteiger partial charge is 0.307 e. The van der Waals surface area contributed by atoms with Crippen LogP contribution in [-0.4, -0.2) is 26.1 Å². The number of carbonyl (C=O) groups is 2. The third kappa shape index (κ3) is 6.70. The van der Waals surface area contributed by atoms with E-state index < -0.39 is 0 Å². The first kappa shape index (κ1) is 20.3. The van der Waals surface area contributed by atoms with Gasteiger partial charge >= 0.3 is 5.97 Å². The second-order valence-corrected chi connectivity index (χ2v) is 7.07. The summed E-state index contributed by atoms with van der Waals surface area (Å²) in [6.07, 6.45) is 9.28. The van der Waals surface area contributed by atoms with Gasteiger partial charge in [-0.15, -0.1) is 0 Å². The molecule has 1 fully saturated rings. The molecule has 1 aromatic rings. The van der Waals surface area contributed by atoms with Gasteiger partial charge in [0, 0.05) is 6.42 Å². The van der Waals surface area contributed by atoms with Gasteiger partial charge in [-0.1, -0.05) is 44.2 Å². The summed E-state index contributed by atoms with van der Waals surface area (Å²) >= 11 is 0. The fourth-order valence-corrected chi connectivity index (χ4v) is 3.63. The summed E-state index contributed by atoms with van der Waals surface area (Å²) in [6, 6.07) is 7.02. The Bertz CT molecular complexity index is 564. The van der Waals surface area contributed by atoms with Crippen molar-refractivity contribution in [2.45, 2.75) is 63.8 Å². The number of nitrogens with one attached hydrogen (secondary N) is 1. The molecule has 1 aliphatic carbocycles. The van der Waals surface area contributed by atoms with E-state index in [0.717, 1.165) is 30.1 Å². The molecule has 26 heavy (non-hydrogen) atoms. The minimum atomic E-state index is -0.379. The Morgan fingerprint density at radius 2 is 1.81 bits per heavy atom. The highest BCUT2D eigenvalue weighted by Crippen LogP contribution is 2.28. The van der Waals surface area contributed by atoms with Crippen LogP contribution in [0.2, 0.25) is 0 Å². The Morgan fingerprint density at radius 3 is 2.42 bits per heavy atom. The van der Waals surface area contributed by atoms with Crippen molar-refractivity contribution >= 4 is 11.9 Å². The quantitative estimate of drug-likeness (QED) is 0.671. The highest BCUT2D eigenvalue weighted by atomic mass is 16.5. The van der Waals surface area contributed by atoms with Crippen LogP contribution in [0.4, 0.5) is 0 Å². The van der Waals surface area contributed by atoms with Crippen LogP contribution in [0.25, 0.3) is 0 Å². The molecular formula is C21H31NO4. The molecule has 1 atom stereocenters. The van der Waals surface area contributed by atoms with Gasteiger partial charge in [0.1, 0.15) is 5.75 Å². The van der Waals surface area contributed by atoms with Crippen molar-refractivity contribution < 1.29 is 19.1 Å². The van der Waals surface area contributed by atoms with E-state index in [-0.39, 0.29) is 24.3 Å². The van der Waals surface area contributed by atoms with Crippen molar-refractivity contribution in [2.24, 2.45) is 5.92 Å². The fourth-order valence-electron chi connectivity index (χ4n) is 3.63. The summed E-state index contributed by atoms with van der Waals surface area (Å²) in [6.45, 7) is 0. The molecule has 1 aromatic carbocycles. The van der Waals surface area contributed by atoms with Crippen LogP contribution in [0.1, 0.15) is 69.4 Å². The number of ether oxygens (including phenoxy) is 2. The number of amides is 1. The molecular weight excluding hydrogens is 330 g/mol. The van der Waals surface area contributed by atoms with E-state index in [9.17, 15) is 9.59 Å². The highest BCUT2D eigenvalue weighted by Gasteiger charge is 2.19. The lowest BCUT2D eigenvalue weighted by Crippen LogP contribution is -2.30. The van der Waals surface area contributed by atoms with Crippen LogP contribution in [0.5, 0.6) is 5.75 Å². The number of hydrogen-bond acceptors (Lipinski definition) is 4. The molecule has 1 unspecified atom stereocenters. The van der Waals surface area contributed by atoms with Gasteiger partial charge in [-0.2, -0.15) is 0 Å². The van der Waals surface area contributed by atoms with Crippen LogP contribution in [-0.2, 0) is 14.3 Å². The standard InChI is InChI=1S/C21H31NO4/c1-25-18-13-11-17(12-14-18)19(15-21(24)26-2)22-20(23)10-6-9-16-7-4-3-5-8-16/h11-14,16,19H,3-10,15H2,1-2H3,(H,22,23). The maximum absolute atomic E-state index is 12.4. The van der Waals surface area contributed by atoms with Gasteiger partial charge < -0.3 is 14.8 Å². The summed E-state index contributed by atoms with van der Waals surface area (Å²) in [5, 5.41) is 2.99. The Balaban J connectivity index is 1.87. The lowest BCUT2D eigenvalue weighted by molar-refractivity contribution is -0.141. The van der Waals surface area contributed by atoms with E-state index in [4.69, 9.17) is 9.47 Å². The Kier molecular flexibility index (Phi) is 8.45. The molecule has 2 rings (SSSR count). The van der Waals surface area contributed by atoms with Gasteiger partial charge in [0.2, 0.25) is 5.91 Å². The number of esters is 1. The molecule has 144 valence electrons. The minimum absolute atomic E-state index is 0.00877. The number of benzene rings is 1. The molecule has 1 saturated carbocycles. The molecule has 0 spiro atoms. The topological polar surface area (TPSA) is 64.6 Å². The van der Waals surface area contributed by atoms with Gasteiger partial charge in [0.05, 0.1) is 26.7 Å². The lowest BCUT2D eigenvalue weighted by Gasteiger charge is -2.22. The van der Waals surface area contributed by atoms with Gasteiger partial charge in [0.15, 0.2) is 0 Å². The summed E-state index contributed by atoms with van der Waals surface area (Å²) in [5.74, 6) is 1.17. The third-order valence-electron chi connectivity index (χ3n) is 5.19. The average molecular weight is 361 g/mol.